The van der Waals surface area contributed by atoms with Crippen molar-refractivity contribution in [3.8, 4) is 0 Å². The second kappa shape index (κ2) is 6.22. The quantitative estimate of drug-likeness (QED) is 0.601. The molecule has 0 saturated heterocycles. The maximum Gasteiger partial charge on any atom is 0.261 e. The average molecular weight is 299 g/mol. The lowest BCUT2D eigenvalue weighted by Crippen LogP contribution is -2.30. The number of aryl methyl sites for hydroxylation is 1. The summed E-state index contributed by atoms with van der Waals surface area (Å²) >= 11 is 1.78. The molecule has 4 heteroatoms. The van der Waals surface area contributed by atoms with E-state index in [-0.39, 0.29) is 11.8 Å². The van der Waals surface area contributed by atoms with E-state index in [1.54, 1.807) is 35.6 Å². The fourth-order valence-corrected chi connectivity index (χ4v) is 3.39. The lowest BCUT2D eigenvalue weighted by atomic mass is 10.1. The fraction of sp³-hybridized carbons (Fsp3) is 0.294. The largest absolute Gasteiger partial charge is 0.274 e. The Hall–Kier alpha value is -1.94. The van der Waals surface area contributed by atoms with Gasteiger partial charge in [0.2, 0.25) is 0 Å². The van der Waals surface area contributed by atoms with Gasteiger partial charge in [-0.15, -0.1) is 11.3 Å². The standard InChI is InChI=1S/C17H17NO2S/c19-16-14-9-3-4-10-15(14)17(20)18(16)11-5-1-2-7-13-8-6-12-21-13/h3-4,6,8-10,12H,1-2,5,7,11H2. The number of fused-ring (bicyclic) bond motifs is 1. The average Bonchev–Trinajstić information content (AvgIpc) is 3.10. The maximum atomic E-state index is 12.2. The molecule has 0 atom stereocenters. The Kier molecular flexibility index (Phi) is 4.15. The van der Waals surface area contributed by atoms with Crippen molar-refractivity contribution >= 4 is 23.2 Å². The number of hydrogen-bond donors (Lipinski definition) is 0. The smallest absolute Gasteiger partial charge is 0.261 e. The Morgan fingerprint density at radius 3 is 2.19 bits per heavy atom. The van der Waals surface area contributed by atoms with Crippen molar-refractivity contribution in [2.45, 2.75) is 25.7 Å². The van der Waals surface area contributed by atoms with Crippen LogP contribution in [0.5, 0.6) is 0 Å². The minimum Gasteiger partial charge on any atom is -0.274 e. The number of benzene rings is 1. The van der Waals surface area contributed by atoms with Crippen LogP contribution >= 0.6 is 11.3 Å². The fourth-order valence-electron chi connectivity index (χ4n) is 2.64. The van der Waals surface area contributed by atoms with Gasteiger partial charge in [0.1, 0.15) is 0 Å². The predicted molar refractivity (Wildman–Crippen MR) is 83.7 cm³/mol. The molecule has 2 aromatic rings. The van der Waals surface area contributed by atoms with E-state index in [9.17, 15) is 9.59 Å². The lowest BCUT2D eigenvalue weighted by Gasteiger charge is -2.13. The van der Waals surface area contributed by atoms with E-state index in [0.29, 0.717) is 17.7 Å². The highest BCUT2D eigenvalue weighted by atomic mass is 32.1. The minimum absolute atomic E-state index is 0.145. The first-order chi connectivity index (χ1) is 10.3. The molecule has 0 spiro atoms. The third-order valence-corrected chi connectivity index (χ3v) is 4.70. The van der Waals surface area contributed by atoms with E-state index < -0.39 is 0 Å². The summed E-state index contributed by atoms with van der Waals surface area (Å²) in [5, 5.41) is 2.09. The summed E-state index contributed by atoms with van der Waals surface area (Å²) in [6, 6.07) is 11.3. The van der Waals surface area contributed by atoms with Crippen LogP contribution in [-0.2, 0) is 6.42 Å². The van der Waals surface area contributed by atoms with E-state index >= 15 is 0 Å². The van der Waals surface area contributed by atoms with Crippen molar-refractivity contribution in [2.24, 2.45) is 0 Å². The van der Waals surface area contributed by atoms with E-state index in [2.05, 4.69) is 17.5 Å². The Morgan fingerprint density at radius 2 is 1.57 bits per heavy atom. The Balaban J connectivity index is 1.48. The first-order valence-corrected chi connectivity index (χ1v) is 8.13. The van der Waals surface area contributed by atoms with Crippen LogP contribution < -0.4 is 0 Å². The molecule has 1 aromatic heterocycles. The van der Waals surface area contributed by atoms with Crippen molar-refractivity contribution in [3.05, 3.63) is 57.8 Å². The summed E-state index contributed by atoms with van der Waals surface area (Å²) in [6.07, 6.45) is 4.09. The van der Waals surface area contributed by atoms with Gasteiger partial charge in [-0.1, -0.05) is 24.6 Å². The first-order valence-electron chi connectivity index (χ1n) is 7.25. The highest BCUT2D eigenvalue weighted by Crippen LogP contribution is 2.23. The molecule has 108 valence electrons. The Morgan fingerprint density at radius 1 is 0.857 bits per heavy atom. The number of carbonyl (C=O) groups excluding carboxylic acids is 2. The number of unbranched alkanes of at least 4 members (excludes halogenated alkanes) is 2. The number of imide groups is 1. The molecule has 3 nitrogen and oxygen atoms in total. The normalized spacial score (nSPS) is 13.8. The summed E-state index contributed by atoms with van der Waals surface area (Å²) in [4.78, 5) is 27.1. The van der Waals surface area contributed by atoms with Crippen LogP contribution in [-0.4, -0.2) is 23.3 Å². The second-order valence-electron chi connectivity index (χ2n) is 5.20. The Labute approximate surface area is 128 Å². The van der Waals surface area contributed by atoms with Crippen LogP contribution in [0.1, 0.15) is 44.9 Å². The third kappa shape index (κ3) is 2.90. The molecule has 0 unspecified atom stereocenters. The number of thiophene rings is 1. The molecule has 2 amide bonds. The maximum absolute atomic E-state index is 12.2. The topological polar surface area (TPSA) is 37.4 Å². The van der Waals surface area contributed by atoms with Gasteiger partial charge >= 0.3 is 0 Å². The zero-order valence-electron chi connectivity index (χ0n) is 11.7. The van der Waals surface area contributed by atoms with Gasteiger partial charge in [0, 0.05) is 11.4 Å². The van der Waals surface area contributed by atoms with Crippen molar-refractivity contribution in [1.29, 1.82) is 0 Å². The van der Waals surface area contributed by atoms with Crippen molar-refractivity contribution in [3.63, 3.8) is 0 Å². The van der Waals surface area contributed by atoms with Crippen LogP contribution in [0.2, 0.25) is 0 Å². The first kappa shape index (κ1) is 14.0. The van der Waals surface area contributed by atoms with E-state index in [1.165, 1.54) is 9.78 Å². The van der Waals surface area contributed by atoms with Gasteiger partial charge in [-0.2, -0.15) is 0 Å². The van der Waals surface area contributed by atoms with Gasteiger partial charge < -0.3 is 0 Å². The van der Waals surface area contributed by atoms with Gasteiger partial charge in [0.15, 0.2) is 0 Å². The van der Waals surface area contributed by atoms with E-state index in [4.69, 9.17) is 0 Å². The molecular weight excluding hydrogens is 282 g/mol. The van der Waals surface area contributed by atoms with Gasteiger partial charge in [0.25, 0.3) is 11.8 Å². The lowest BCUT2D eigenvalue weighted by molar-refractivity contribution is 0.0651. The minimum atomic E-state index is -0.145. The number of amides is 2. The number of carbonyl (C=O) groups is 2. The molecule has 0 bridgehead atoms. The van der Waals surface area contributed by atoms with Gasteiger partial charge in [-0.3, -0.25) is 14.5 Å². The molecule has 3 rings (SSSR count). The summed E-state index contributed by atoms with van der Waals surface area (Å²) < 4.78 is 0. The van der Waals surface area contributed by atoms with Crippen molar-refractivity contribution in [1.82, 2.24) is 4.90 Å². The number of hydrogen-bond acceptors (Lipinski definition) is 3. The van der Waals surface area contributed by atoms with E-state index in [0.717, 1.165) is 25.7 Å². The molecule has 0 N–H and O–H groups in total. The molecule has 1 aromatic carbocycles. The van der Waals surface area contributed by atoms with Crippen LogP contribution in [0.4, 0.5) is 0 Å². The van der Waals surface area contributed by atoms with Crippen LogP contribution in [0.3, 0.4) is 0 Å². The summed E-state index contributed by atoms with van der Waals surface area (Å²) in [7, 11) is 0. The van der Waals surface area contributed by atoms with Crippen LogP contribution in [0, 0.1) is 0 Å². The second-order valence-corrected chi connectivity index (χ2v) is 6.23. The number of rotatable bonds is 6. The van der Waals surface area contributed by atoms with Crippen LogP contribution in [0.25, 0.3) is 0 Å². The SMILES string of the molecule is O=C1c2ccccc2C(=O)N1CCCCCc1cccs1. The predicted octanol–water partition coefficient (Wildman–Crippen LogP) is 3.76. The molecule has 0 radical (unpaired) electrons. The highest BCUT2D eigenvalue weighted by molar-refractivity contribution is 7.09. The zero-order valence-corrected chi connectivity index (χ0v) is 12.6. The summed E-state index contributed by atoms with van der Waals surface area (Å²) in [5.41, 5.74) is 1.09. The van der Waals surface area contributed by atoms with Crippen molar-refractivity contribution in [2.75, 3.05) is 6.54 Å². The number of nitrogens with zero attached hydrogens (tertiary/aromatic N) is 1. The van der Waals surface area contributed by atoms with E-state index in [1.807, 2.05) is 0 Å². The Bertz CT molecular complexity index is 614. The molecule has 21 heavy (non-hydrogen) atoms. The molecule has 0 saturated carbocycles. The van der Waals surface area contributed by atoms with Gasteiger partial charge in [-0.25, -0.2) is 0 Å². The molecule has 1 aliphatic rings. The molecule has 1 aliphatic heterocycles. The van der Waals surface area contributed by atoms with Crippen LogP contribution in [0.15, 0.2) is 41.8 Å². The summed E-state index contributed by atoms with van der Waals surface area (Å²) in [5.74, 6) is -0.289. The third-order valence-electron chi connectivity index (χ3n) is 3.76. The van der Waals surface area contributed by atoms with Gasteiger partial charge in [-0.05, 0) is 42.8 Å². The molecule has 0 aliphatic carbocycles. The highest BCUT2D eigenvalue weighted by Gasteiger charge is 2.34. The summed E-state index contributed by atoms with van der Waals surface area (Å²) in [6.45, 7) is 0.525. The molecular formula is C17H17NO2S. The zero-order chi connectivity index (χ0) is 14.7. The molecule has 0 fully saturated rings. The monoisotopic (exact) mass is 299 g/mol. The van der Waals surface area contributed by atoms with Crippen molar-refractivity contribution < 1.29 is 9.59 Å². The molecule has 2 heterocycles. The van der Waals surface area contributed by atoms with Gasteiger partial charge in [0.05, 0.1) is 11.1 Å².